The van der Waals surface area contributed by atoms with Gasteiger partial charge < -0.3 is 10.0 Å². The maximum absolute atomic E-state index is 12.5. The predicted molar refractivity (Wildman–Crippen MR) is 74.2 cm³/mol. The number of nitrogens with zero attached hydrogens (tertiary/aromatic N) is 1. The first-order valence-electron chi connectivity index (χ1n) is 7.30. The molecule has 1 N–H and O–H groups in total. The van der Waals surface area contributed by atoms with E-state index in [9.17, 15) is 4.79 Å². The Labute approximate surface area is 114 Å². The number of fused-ring (bicyclic) bond motifs is 1. The Morgan fingerprint density at radius 2 is 2.16 bits per heavy atom. The summed E-state index contributed by atoms with van der Waals surface area (Å²) in [6.07, 6.45) is 5.33. The van der Waals surface area contributed by atoms with E-state index in [1.807, 2.05) is 11.0 Å². The topological polar surface area (TPSA) is 40.5 Å². The number of amides is 1. The Hall–Kier alpha value is -1.35. The Balaban J connectivity index is 1.71. The van der Waals surface area contributed by atoms with Gasteiger partial charge in [0.25, 0.3) is 5.91 Å². The van der Waals surface area contributed by atoms with Gasteiger partial charge in [0.05, 0.1) is 0 Å². The van der Waals surface area contributed by atoms with E-state index in [2.05, 4.69) is 12.1 Å². The first-order valence-corrected chi connectivity index (χ1v) is 7.30. The molecule has 0 spiro atoms. The molecule has 3 heteroatoms. The molecule has 2 aliphatic rings. The fraction of sp³-hybridized carbons (Fsp3) is 0.562. The van der Waals surface area contributed by atoms with Crippen LogP contribution in [0.15, 0.2) is 18.2 Å². The Morgan fingerprint density at radius 3 is 3.00 bits per heavy atom. The molecule has 1 aromatic carbocycles. The quantitative estimate of drug-likeness (QED) is 0.902. The molecule has 3 nitrogen and oxygen atoms in total. The van der Waals surface area contributed by atoms with Crippen LogP contribution < -0.4 is 0 Å². The lowest BCUT2D eigenvalue weighted by Crippen LogP contribution is -2.28. The molecule has 1 unspecified atom stereocenters. The van der Waals surface area contributed by atoms with E-state index in [1.54, 1.807) is 0 Å². The lowest BCUT2D eigenvalue weighted by Gasteiger charge is -2.17. The van der Waals surface area contributed by atoms with Gasteiger partial charge in [0.15, 0.2) is 0 Å². The summed E-state index contributed by atoms with van der Waals surface area (Å²) in [5.41, 5.74) is 3.61. The monoisotopic (exact) mass is 259 g/mol. The molecule has 1 aromatic rings. The van der Waals surface area contributed by atoms with E-state index in [-0.39, 0.29) is 12.5 Å². The van der Waals surface area contributed by atoms with E-state index < -0.39 is 0 Å². The summed E-state index contributed by atoms with van der Waals surface area (Å²) in [6.45, 7) is 1.86. The molecule has 3 rings (SSSR count). The summed E-state index contributed by atoms with van der Waals surface area (Å²) >= 11 is 0. The number of aliphatic hydroxyl groups is 1. The second-order valence-electron chi connectivity index (χ2n) is 5.76. The average molecular weight is 259 g/mol. The normalized spacial score (nSPS) is 21.7. The highest BCUT2D eigenvalue weighted by Crippen LogP contribution is 2.25. The first kappa shape index (κ1) is 12.7. The van der Waals surface area contributed by atoms with Gasteiger partial charge in [-0.25, -0.2) is 0 Å². The van der Waals surface area contributed by atoms with Crippen molar-refractivity contribution >= 4 is 5.91 Å². The van der Waals surface area contributed by atoms with Gasteiger partial charge in [0, 0.05) is 25.3 Å². The molecule has 1 aliphatic heterocycles. The van der Waals surface area contributed by atoms with Crippen molar-refractivity contribution in [3.05, 3.63) is 34.9 Å². The highest BCUT2D eigenvalue weighted by Gasteiger charge is 2.27. The molecule has 1 saturated heterocycles. The van der Waals surface area contributed by atoms with Crippen LogP contribution in [0.1, 0.15) is 40.7 Å². The molecule has 1 atom stereocenters. The number of aryl methyl sites for hydroxylation is 2. The Kier molecular flexibility index (Phi) is 3.56. The van der Waals surface area contributed by atoms with Gasteiger partial charge in [-0.05, 0) is 61.3 Å². The van der Waals surface area contributed by atoms with Crippen LogP contribution >= 0.6 is 0 Å². The number of hydrogen-bond acceptors (Lipinski definition) is 2. The van der Waals surface area contributed by atoms with Gasteiger partial charge in [-0.3, -0.25) is 4.79 Å². The summed E-state index contributed by atoms with van der Waals surface area (Å²) in [6, 6.07) is 6.19. The molecule has 0 bridgehead atoms. The number of carbonyl (C=O) groups excluding carboxylic acids is 1. The summed E-state index contributed by atoms with van der Waals surface area (Å²) in [5.74, 6) is 0.638. The van der Waals surface area contributed by atoms with Gasteiger partial charge in [-0.15, -0.1) is 0 Å². The van der Waals surface area contributed by atoms with Crippen molar-refractivity contribution in [2.24, 2.45) is 5.92 Å². The van der Waals surface area contributed by atoms with Crippen molar-refractivity contribution < 1.29 is 9.90 Å². The molecule has 102 valence electrons. The second kappa shape index (κ2) is 5.33. The lowest BCUT2D eigenvalue weighted by molar-refractivity contribution is 0.0784. The number of hydrogen-bond donors (Lipinski definition) is 1. The van der Waals surface area contributed by atoms with Crippen molar-refractivity contribution in [2.45, 2.75) is 32.1 Å². The summed E-state index contributed by atoms with van der Waals surface area (Å²) < 4.78 is 0. The molecule has 0 saturated carbocycles. The van der Waals surface area contributed by atoms with Gasteiger partial charge in [0.2, 0.25) is 0 Å². The Bertz CT molecular complexity index is 484. The zero-order chi connectivity index (χ0) is 13.2. The molecule has 19 heavy (non-hydrogen) atoms. The molecule has 1 fully saturated rings. The van der Waals surface area contributed by atoms with E-state index in [0.29, 0.717) is 5.92 Å². The smallest absolute Gasteiger partial charge is 0.253 e. The maximum atomic E-state index is 12.5. The minimum atomic E-state index is 0.162. The molecular formula is C16H21NO2. The molecule has 1 aliphatic carbocycles. The van der Waals surface area contributed by atoms with E-state index in [0.717, 1.165) is 44.3 Å². The van der Waals surface area contributed by atoms with Crippen LogP contribution in [0, 0.1) is 5.92 Å². The largest absolute Gasteiger partial charge is 0.396 e. The standard InChI is InChI=1S/C16H21NO2/c18-9-7-12-6-8-17(11-12)16(19)15-5-4-13-2-1-3-14(13)10-15/h4-5,10,12,18H,1-3,6-9,11H2. The molecule has 0 radical (unpaired) electrons. The highest BCUT2D eigenvalue weighted by atomic mass is 16.3. The van der Waals surface area contributed by atoms with E-state index in [1.165, 1.54) is 17.5 Å². The maximum Gasteiger partial charge on any atom is 0.253 e. The third kappa shape index (κ3) is 2.52. The number of benzene rings is 1. The third-order valence-electron chi connectivity index (χ3n) is 4.46. The van der Waals surface area contributed by atoms with Crippen molar-refractivity contribution in [3.63, 3.8) is 0 Å². The zero-order valence-corrected chi connectivity index (χ0v) is 11.3. The number of likely N-dealkylation sites (tertiary alicyclic amines) is 1. The molecule has 0 aromatic heterocycles. The number of aliphatic hydroxyl groups excluding tert-OH is 1. The van der Waals surface area contributed by atoms with E-state index in [4.69, 9.17) is 5.11 Å². The van der Waals surface area contributed by atoms with Crippen LogP contribution in [0.4, 0.5) is 0 Å². The van der Waals surface area contributed by atoms with Crippen molar-refractivity contribution in [1.82, 2.24) is 4.90 Å². The van der Waals surface area contributed by atoms with Crippen LogP contribution in [0.3, 0.4) is 0 Å². The highest BCUT2D eigenvalue weighted by molar-refractivity contribution is 5.94. The van der Waals surface area contributed by atoms with Crippen LogP contribution in [0.2, 0.25) is 0 Å². The zero-order valence-electron chi connectivity index (χ0n) is 11.3. The number of rotatable bonds is 3. The van der Waals surface area contributed by atoms with Crippen molar-refractivity contribution in [1.29, 1.82) is 0 Å². The number of carbonyl (C=O) groups is 1. The summed E-state index contributed by atoms with van der Waals surface area (Å²) in [4.78, 5) is 14.4. The first-order chi connectivity index (χ1) is 9.28. The molecule has 1 heterocycles. The van der Waals surface area contributed by atoms with Crippen LogP contribution in [-0.4, -0.2) is 35.6 Å². The minimum Gasteiger partial charge on any atom is -0.396 e. The molecule has 1 amide bonds. The van der Waals surface area contributed by atoms with Gasteiger partial charge in [-0.2, -0.15) is 0 Å². The van der Waals surface area contributed by atoms with Crippen LogP contribution in [0.25, 0.3) is 0 Å². The fourth-order valence-corrected chi connectivity index (χ4v) is 3.32. The van der Waals surface area contributed by atoms with Gasteiger partial charge in [0.1, 0.15) is 0 Å². The van der Waals surface area contributed by atoms with Crippen LogP contribution in [-0.2, 0) is 12.8 Å². The van der Waals surface area contributed by atoms with Gasteiger partial charge >= 0.3 is 0 Å². The fourth-order valence-electron chi connectivity index (χ4n) is 3.32. The van der Waals surface area contributed by atoms with Crippen molar-refractivity contribution in [3.8, 4) is 0 Å². The SMILES string of the molecule is O=C(c1ccc2c(c1)CCC2)N1CCC(CCO)C1. The average Bonchev–Trinajstić information content (AvgIpc) is 3.05. The summed E-state index contributed by atoms with van der Waals surface area (Å²) in [7, 11) is 0. The summed E-state index contributed by atoms with van der Waals surface area (Å²) in [5, 5.41) is 8.97. The molecular weight excluding hydrogens is 238 g/mol. The van der Waals surface area contributed by atoms with Crippen molar-refractivity contribution in [2.75, 3.05) is 19.7 Å². The van der Waals surface area contributed by atoms with Gasteiger partial charge in [-0.1, -0.05) is 6.07 Å². The Morgan fingerprint density at radius 1 is 1.32 bits per heavy atom. The van der Waals surface area contributed by atoms with Crippen LogP contribution in [0.5, 0.6) is 0 Å². The third-order valence-corrected chi connectivity index (χ3v) is 4.46. The minimum absolute atomic E-state index is 0.162. The predicted octanol–water partition coefficient (Wildman–Crippen LogP) is 2.02. The lowest BCUT2D eigenvalue weighted by atomic mass is 10.1. The second-order valence-corrected chi connectivity index (χ2v) is 5.76. The van der Waals surface area contributed by atoms with E-state index >= 15 is 0 Å².